The van der Waals surface area contributed by atoms with Crippen LogP contribution in [-0.4, -0.2) is 15.4 Å². The molecule has 0 aromatic carbocycles. The fraction of sp³-hybridized carbons (Fsp3) is 0.636. The van der Waals surface area contributed by atoms with E-state index in [0.717, 1.165) is 18.6 Å². The number of methoxy groups -OCH3 is 1. The predicted octanol–water partition coefficient (Wildman–Crippen LogP) is 3.68. The molecular weight excluding hydrogens is 192 g/mol. The minimum absolute atomic E-state index is 0.938. The van der Waals surface area contributed by atoms with Gasteiger partial charge < -0.3 is 9.16 Å². The van der Waals surface area contributed by atoms with Crippen LogP contribution in [0.25, 0.3) is 0 Å². The maximum Gasteiger partial charge on any atom is 0.242 e. The summed E-state index contributed by atoms with van der Waals surface area (Å²) in [5, 5.41) is 0. The van der Waals surface area contributed by atoms with E-state index in [1.807, 2.05) is 6.08 Å². The van der Waals surface area contributed by atoms with Crippen LogP contribution in [0.15, 0.2) is 24.2 Å². The molecule has 0 unspecified atom stereocenters. The minimum Gasteiger partial charge on any atom is -0.544 e. The van der Waals surface area contributed by atoms with E-state index in [9.17, 15) is 0 Å². The summed E-state index contributed by atoms with van der Waals surface area (Å²) in [6.07, 6.45) is 7.84. The Labute approximate surface area is 88.7 Å². The molecule has 0 saturated heterocycles. The van der Waals surface area contributed by atoms with E-state index in [1.54, 1.807) is 13.4 Å². The third-order valence-electron chi connectivity index (χ3n) is 1.43. The zero-order valence-electron chi connectivity index (χ0n) is 9.96. The zero-order valence-corrected chi connectivity index (χ0v) is 11.0. The molecule has 0 aromatic rings. The summed E-state index contributed by atoms with van der Waals surface area (Å²) in [5.41, 5.74) is 0. The highest BCUT2D eigenvalue weighted by Crippen LogP contribution is 2.12. The minimum atomic E-state index is -1.50. The first-order valence-electron chi connectivity index (χ1n) is 5.08. The van der Waals surface area contributed by atoms with E-state index < -0.39 is 8.32 Å². The Morgan fingerprint density at radius 2 is 1.93 bits per heavy atom. The van der Waals surface area contributed by atoms with Crippen molar-refractivity contribution in [1.29, 1.82) is 0 Å². The summed E-state index contributed by atoms with van der Waals surface area (Å²) in [6.45, 7) is 8.68. The van der Waals surface area contributed by atoms with E-state index in [1.165, 1.54) is 0 Å². The molecule has 0 fully saturated rings. The lowest BCUT2D eigenvalue weighted by molar-refractivity contribution is 0.334. The van der Waals surface area contributed by atoms with Gasteiger partial charge in [-0.25, -0.2) is 0 Å². The highest BCUT2D eigenvalue weighted by Gasteiger charge is 2.16. The molecule has 2 nitrogen and oxygen atoms in total. The smallest absolute Gasteiger partial charge is 0.242 e. The average molecular weight is 214 g/mol. The van der Waals surface area contributed by atoms with Crippen LogP contribution >= 0.6 is 0 Å². The molecule has 0 amide bonds. The number of ether oxygens (including phenoxy) is 1. The summed E-state index contributed by atoms with van der Waals surface area (Å²) < 4.78 is 10.8. The topological polar surface area (TPSA) is 18.5 Å². The number of hydrogen-bond acceptors (Lipinski definition) is 2. The molecule has 0 aliphatic carbocycles. The van der Waals surface area contributed by atoms with E-state index in [2.05, 4.69) is 32.6 Å². The van der Waals surface area contributed by atoms with Gasteiger partial charge in [0.05, 0.1) is 13.4 Å². The van der Waals surface area contributed by atoms with Crippen molar-refractivity contribution >= 4 is 8.32 Å². The molecule has 14 heavy (non-hydrogen) atoms. The monoisotopic (exact) mass is 214 g/mol. The van der Waals surface area contributed by atoms with Gasteiger partial charge in [0.2, 0.25) is 8.32 Å². The van der Waals surface area contributed by atoms with Crippen molar-refractivity contribution in [2.24, 2.45) is 0 Å². The van der Waals surface area contributed by atoms with Crippen LogP contribution in [0, 0.1) is 0 Å². The molecular formula is C11H22O2Si. The van der Waals surface area contributed by atoms with Crippen LogP contribution in [0.1, 0.15) is 19.8 Å². The molecule has 0 saturated carbocycles. The highest BCUT2D eigenvalue weighted by atomic mass is 28.4. The molecule has 0 N–H and O–H groups in total. The van der Waals surface area contributed by atoms with Gasteiger partial charge in [-0.3, -0.25) is 0 Å². The molecule has 0 atom stereocenters. The fourth-order valence-electron chi connectivity index (χ4n) is 0.919. The molecule has 0 spiro atoms. The van der Waals surface area contributed by atoms with E-state index in [-0.39, 0.29) is 0 Å². The van der Waals surface area contributed by atoms with Crippen molar-refractivity contribution in [3.63, 3.8) is 0 Å². The first kappa shape index (κ1) is 13.3. The molecule has 0 rings (SSSR count). The Bertz CT molecular complexity index is 202. The SMILES string of the molecule is CCCC=C(C=COC)O[Si](C)(C)C. The van der Waals surface area contributed by atoms with Crippen LogP contribution in [0.2, 0.25) is 19.6 Å². The molecule has 0 aliphatic heterocycles. The standard InChI is InChI=1S/C11H22O2Si/c1-6-7-8-11(9-10-12-2)13-14(3,4)5/h8-10H,6-7H2,1-5H3. The summed E-state index contributed by atoms with van der Waals surface area (Å²) in [6, 6.07) is 0. The highest BCUT2D eigenvalue weighted by molar-refractivity contribution is 6.70. The van der Waals surface area contributed by atoms with Gasteiger partial charge >= 0.3 is 0 Å². The largest absolute Gasteiger partial charge is 0.544 e. The molecule has 0 aromatic heterocycles. The lowest BCUT2D eigenvalue weighted by atomic mass is 10.3. The first-order valence-corrected chi connectivity index (χ1v) is 8.49. The molecule has 3 heteroatoms. The maximum atomic E-state index is 5.88. The summed E-state index contributed by atoms with van der Waals surface area (Å²) in [4.78, 5) is 0. The number of unbranched alkanes of at least 4 members (excludes halogenated alkanes) is 1. The van der Waals surface area contributed by atoms with Crippen LogP contribution in [-0.2, 0) is 9.16 Å². The van der Waals surface area contributed by atoms with Gasteiger partial charge in [-0.2, -0.15) is 0 Å². The van der Waals surface area contributed by atoms with Crippen LogP contribution in [0.4, 0.5) is 0 Å². The zero-order chi connectivity index (χ0) is 11.0. The number of allylic oxidation sites excluding steroid dienone is 2. The predicted molar refractivity (Wildman–Crippen MR) is 63.6 cm³/mol. The average Bonchev–Trinajstić information content (AvgIpc) is 2.07. The normalized spacial score (nSPS) is 13.4. The second-order valence-corrected chi connectivity index (χ2v) is 8.58. The second-order valence-electron chi connectivity index (χ2n) is 4.15. The quantitative estimate of drug-likeness (QED) is 0.381. The molecule has 0 aliphatic rings. The third-order valence-corrected chi connectivity index (χ3v) is 2.27. The van der Waals surface area contributed by atoms with Crippen molar-refractivity contribution < 1.29 is 9.16 Å². The van der Waals surface area contributed by atoms with Crippen molar-refractivity contribution in [1.82, 2.24) is 0 Å². The van der Waals surface area contributed by atoms with E-state index >= 15 is 0 Å². The van der Waals surface area contributed by atoms with Crippen LogP contribution in [0.3, 0.4) is 0 Å². The van der Waals surface area contributed by atoms with Gasteiger partial charge in [-0.05, 0) is 32.1 Å². The first-order chi connectivity index (χ1) is 6.49. The Hall–Kier alpha value is -0.703. The van der Waals surface area contributed by atoms with Gasteiger partial charge in [0, 0.05) is 6.08 Å². The Morgan fingerprint density at radius 3 is 2.36 bits per heavy atom. The van der Waals surface area contributed by atoms with Crippen LogP contribution in [0.5, 0.6) is 0 Å². The van der Waals surface area contributed by atoms with Crippen molar-refractivity contribution in [2.45, 2.75) is 39.4 Å². The van der Waals surface area contributed by atoms with Crippen molar-refractivity contribution in [2.75, 3.05) is 7.11 Å². The molecule has 0 heterocycles. The Morgan fingerprint density at radius 1 is 1.29 bits per heavy atom. The lowest BCUT2D eigenvalue weighted by Crippen LogP contribution is -2.24. The summed E-state index contributed by atoms with van der Waals surface area (Å²) >= 11 is 0. The number of rotatable bonds is 6. The van der Waals surface area contributed by atoms with Crippen molar-refractivity contribution in [3.8, 4) is 0 Å². The Kier molecular flexibility index (Phi) is 6.37. The van der Waals surface area contributed by atoms with Gasteiger partial charge in [0.15, 0.2) is 0 Å². The van der Waals surface area contributed by atoms with E-state index in [0.29, 0.717) is 0 Å². The fourth-order valence-corrected chi connectivity index (χ4v) is 1.78. The molecule has 0 radical (unpaired) electrons. The second kappa shape index (κ2) is 6.71. The summed E-state index contributed by atoms with van der Waals surface area (Å²) in [5.74, 6) is 0.938. The van der Waals surface area contributed by atoms with Gasteiger partial charge in [0.1, 0.15) is 5.76 Å². The molecule has 0 bridgehead atoms. The van der Waals surface area contributed by atoms with Crippen molar-refractivity contribution in [3.05, 3.63) is 24.2 Å². The van der Waals surface area contributed by atoms with Crippen LogP contribution < -0.4 is 0 Å². The number of hydrogen-bond donors (Lipinski definition) is 0. The lowest BCUT2D eigenvalue weighted by Gasteiger charge is -2.19. The van der Waals surface area contributed by atoms with Gasteiger partial charge in [0.25, 0.3) is 0 Å². The molecule has 82 valence electrons. The van der Waals surface area contributed by atoms with Gasteiger partial charge in [-0.1, -0.05) is 13.3 Å². The summed E-state index contributed by atoms with van der Waals surface area (Å²) in [7, 11) is 0.146. The maximum absolute atomic E-state index is 5.88. The van der Waals surface area contributed by atoms with E-state index in [4.69, 9.17) is 9.16 Å². The third kappa shape index (κ3) is 7.92. The van der Waals surface area contributed by atoms with Gasteiger partial charge in [-0.15, -0.1) is 0 Å². The Balaban J connectivity index is 4.32.